The zero-order chi connectivity index (χ0) is 20.3. The zero-order valence-corrected chi connectivity index (χ0v) is 17.4. The number of carbonyl (C=O) groups excluding carboxylic acids is 1. The highest BCUT2D eigenvalue weighted by molar-refractivity contribution is 6.36. The molecule has 0 aliphatic carbocycles. The second-order valence-corrected chi connectivity index (χ2v) is 7.44. The fourth-order valence-electron chi connectivity index (χ4n) is 2.48. The third-order valence-corrected chi connectivity index (χ3v) is 5.04. The van der Waals surface area contributed by atoms with Gasteiger partial charge in [-0.05, 0) is 44.3 Å². The molecule has 146 valence electrons. The van der Waals surface area contributed by atoms with Crippen LogP contribution < -0.4 is 5.32 Å². The molecule has 28 heavy (non-hydrogen) atoms. The predicted octanol–water partition coefficient (Wildman–Crippen LogP) is 5.33. The number of nitrogens with zero attached hydrogens (tertiary/aromatic N) is 3. The molecule has 1 amide bonds. The molecule has 0 radical (unpaired) electrons. The molecule has 0 spiro atoms. The van der Waals surface area contributed by atoms with Gasteiger partial charge in [-0.15, -0.1) is 10.2 Å². The molecule has 2 aromatic carbocycles. The van der Waals surface area contributed by atoms with Crippen molar-refractivity contribution >= 4 is 46.4 Å². The first-order valence-corrected chi connectivity index (χ1v) is 9.52. The Morgan fingerprint density at radius 1 is 1.14 bits per heavy atom. The first kappa shape index (κ1) is 20.6. The van der Waals surface area contributed by atoms with E-state index in [1.54, 1.807) is 54.4 Å². The first-order chi connectivity index (χ1) is 13.3. The number of para-hydroxylation sites is 1. The van der Waals surface area contributed by atoms with Gasteiger partial charge in [-0.25, -0.2) is 0 Å². The summed E-state index contributed by atoms with van der Waals surface area (Å²) in [6.07, 6.45) is 0. The molecule has 1 aromatic heterocycles. The molecule has 0 aliphatic heterocycles. The van der Waals surface area contributed by atoms with Crippen LogP contribution in [0.4, 0.5) is 5.69 Å². The van der Waals surface area contributed by atoms with Gasteiger partial charge in [0.2, 0.25) is 17.7 Å². The molecule has 1 N–H and O–H groups in total. The van der Waals surface area contributed by atoms with E-state index < -0.39 is 0 Å². The molecule has 0 bridgehead atoms. The van der Waals surface area contributed by atoms with Gasteiger partial charge in [0.25, 0.3) is 0 Å². The minimum Gasteiger partial charge on any atom is -0.419 e. The van der Waals surface area contributed by atoms with Crippen molar-refractivity contribution in [1.82, 2.24) is 15.1 Å². The maximum absolute atomic E-state index is 12.3. The van der Waals surface area contributed by atoms with Gasteiger partial charge in [-0.3, -0.25) is 9.69 Å². The molecule has 0 saturated heterocycles. The van der Waals surface area contributed by atoms with Gasteiger partial charge in [0, 0.05) is 5.02 Å². The van der Waals surface area contributed by atoms with E-state index in [0.717, 1.165) is 0 Å². The summed E-state index contributed by atoms with van der Waals surface area (Å²) in [5.41, 5.74) is 1.16. The zero-order valence-electron chi connectivity index (χ0n) is 15.1. The Labute approximate surface area is 177 Å². The highest BCUT2D eigenvalue weighted by atomic mass is 35.5. The lowest BCUT2D eigenvalue weighted by molar-refractivity contribution is -0.117. The van der Waals surface area contributed by atoms with E-state index >= 15 is 0 Å². The summed E-state index contributed by atoms with van der Waals surface area (Å²) in [6, 6.07) is 11.8. The highest BCUT2D eigenvalue weighted by Gasteiger charge is 2.22. The summed E-state index contributed by atoms with van der Waals surface area (Å²) >= 11 is 18.2. The van der Waals surface area contributed by atoms with Crippen molar-refractivity contribution in [2.75, 3.05) is 18.9 Å². The van der Waals surface area contributed by atoms with Crippen molar-refractivity contribution in [3.8, 4) is 11.5 Å². The summed E-state index contributed by atoms with van der Waals surface area (Å²) in [7, 11) is 1.79. The second kappa shape index (κ2) is 8.92. The average molecular weight is 440 g/mol. The lowest BCUT2D eigenvalue weighted by Crippen LogP contribution is -2.32. The van der Waals surface area contributed by atoms with E-state index in [0.29, 0.717) is 32.2 Å². The van der Waals surface area contributed by atoms with Gasteiger partial charge in [-0.1, -0.05) is 46.9 Å². The smallest absolute Gasteiger partial charge is 0.249 e. The minimum absolute atomic E-state index is 0.117. The quantitative estimate of drug-likeness (QED) is 0.562. The number of nitrogens with one attached hydrogen (secondary N) is 1. The van der Waals surface area contributed by atoms with Crippen molar-refractivity contribution < 1.29 is 9.21 Å². The van der Waals surface area contributed by atoms with Crippen molar-refractivity contribution in [2.45, 2.75) is 13.0 Å². The topological polar surface area (TPSA) is 71.3 Å². The summed E-state index contributed by atoms with van der Waals surface area (Å²) in [5, 5.41) is 12.3. The Morgan fingerprint density at radius 2 is 1.89 bits per heavy atom. The maximum Gasteiger partial charge on any atom is 0.249 e. The summed E-state index contributed by atoms with van der Waals surface area (Å²) in [5.74, 6) is 0.453. The molecule has 6 nitrogen and oxygen atoms in total. The Balaban J connectivity index is 1.66. The highest BCUT2D eigenvalue weighted by Crippen LogP contribution is 2.31. The first-order valence-electron chi connectivity index (χ1n) is 8.38. The fraction of sp³-hybridized carbons (Fsp3) is 0.211. The normalized spacial score (nSPS) is 12.2. The number of hydrogen-bond donors (Lipinski definition) is 1. The van der Waals surface area contributed by atoms with Crippen LogP contribution in [0.1, 0.15) is 18.9 Å². The van der Waals surface area contributed by atoms with Gasteiger partial charge in [0.15, 0.2) is 0 Å². The van der Waals surface area contributed by atoms with Crippen LogP contribution in [0.2, 0.25) is 15.1 Å². The SMILES string of the molecule is C[C@H](c1nnc(-c2ccc(Cl)cc2Cl)o1)N(C)CC(=O)Nc1ccccc1Cl. The van der Waals surface area contributed by atoms with E-state index in [9.17, 15) is 4.79 Å². The van der Waals surface area contributed by atoms with Crippen LogP contribution in [-0.2, 0) is 4.79 Å². The Kier molecular flexibility index (Phi) is 6.57. The summed E-state index contributed by atoms with van der Waals surface area (Å²) in [6.45, 7) is 1.98. The van der Waals surface area contributed by atoms with Gasteiger partial charge in [0.05, 0.1) is 33.9 Å². The lowest BCUT2D eigenvalue weighted by Gasteiger charge is -2.21. The van der Waals surface area contributed by atoms with Crippen LogP contribution in [0.3, 0.4) is 0 Å². The number of benzene rings is 2. The molecular weight excluding hydrogens is 423 g/mol. The van der Waals surface area contributed by atoms with Gasteiger partial charge >= 0.3 is 0 Å². The van der Waals surface area contributed by atoms with Crippen LogP contribution in [0, 0.1) is 0 Å². The van der Waals surface area contributed by atoms with Gasteiger partial charge in [-0.2, -0.15) is 0 Å². The molecule has 0 fully saturated rings. The molecule has 9 heteroatoms. The summed E-state index contributed by atoms with van der Waals surface area (Å²) < 4.78 is 5.75. The molecule has 0 saturated carbocycles. The van der Waals surface area contributed by atoms with Crippen LogP contribution >= 0.6 is 34.8 Å². The number of hydrogen-bond acceptors (Lipinski definition) is 5. The molecule has 1 heterocycles. The maximum atomic E-state index is 12.3. The Morgan fingerprint density at radius 3 is 2.61 bits per heavy atom. The molecular formula is C19H17Cl3N4O2. The number of amides is 1. The third kappa shape index (κ3) is 4.83. The molecule has 0 unspecified atom stereocenters. The Bertz CT molecular complexity index is 993. The van der Waals surface area contributed by atoms with Crippen LogP contribution in [0.15, 0.2) is 46.9 Å². The number of carbonyl (C=O) groups is 1. The second-order valence-electron chi connectivity index (χ2n) is 6.19. The minimum atomic E-state index is -0.288. The van der Waals surface area contributed by atoms with Crippen molar-refractivity contribution in [2.24, 2.45) is 0 Å². The molecule has 3 rings (SSSR count). The third-order valence-electron chi connectivity index (χ3n) is 4.16. The Hall–Kier alpha value is -2.12. The van der Waals surface area contributed by atoms with Crippen LogP contribution in [0.25, 0.3) is 11.5 Å². The van der Waals surface area contributed by atoms with Crippen molar-refractivity contribution in [1.29, 1.82) is 0 Å². The number of likely N-dealkylation sites (N-methyl/N-ethyl adjacent to an activating group) is 1. The molecule has 3 aromatic rings. The van der Waals surface area contributed by atoms with E-state index in [4.69, 9.17) is 39.2 Å². The van der Waals surface area contributed by atoms with Crippen molar-refractivity contribution in [3.63, 3.8) is 0 Å². The largest absolute Gasteiger partial charge is 0.419 e. The van der Waals surface area contributed by atoms with E-state index in [1.807, 2.05) is 6.92 Å². The predicted molar refractivity (Wildman–Crippen MR) is 111 cm³/mol. The van der Waals surface area contributed by atoms with E-state index in [-0.39, 0.29) is 24.4 Å². The van der Waals surface area contributed by atoms with Crippen molar-refractivity contribution in [3.05, 3.63) is 63.4 Å². The number of rotatable bonds is 6. The number of halogens is 3. The molecule has 1 atom stereocenters. The summed E-state index contributed by atoms with van der Waals surface area (Å²) in [4.78, 5) is 14.1. The van der Waals surface area contributed by atoms with Gasteiger partial charge in [0.1, 0.15) is 0 Å². The number of anilines is 1. The van der Waals surface area contributed by atoms with E-state index in [1.165, 1.54) is 0 Å². The fourth-order valence-corrected chi connectivity index (χ4v) is 3.15. The van der Waals surface area contributed by atoms with E-state index in [2.05, 4.69) is 15.5 Å². The number of aromatic nitrogens is 2. The average Bonchev–Trinajstić information content (AvgIpc) is 3.12. The lowest BCUT2D eigenvalue weighted by atomic mass is 10.2. The van der Waals surface area contributed by atoms with Crippen LogP contribution in [-0.4, -0.2) is 34.6 Å². The monoisotopic (exact) mass is 438 g/mol. The van der Waals surface area contributed by atoms with Gasteiger partial charge < -0.3 is 9.73 Å². The molecule has 0 aliphatic rings. The standard InChI is InChI=1S/C19H17Cl3N4O2/c1-11(26(2)10-17(27)23-16-6-4-3-5-14(16)21)18-24-25-19(28-18)13-8-7-12(20)9-15(13)22/h3-9,11H,10H2,1-2H3,(H,23,27)/t11-/m1/s1. The van der Waals surface area contributed by atoms with Crippen LogP contribution in [0.5, 0.6) is 0 Å².